The average Bonchev–Trinajstić information content (AvgIpc) is 3.75. The van der Waals surface area contributed by atoms with Crippen molar-refractivity contribution in [2.75, 3.05) is 26.8 Å². The number of rotatable bonds is 14. The number of hydrogen-bond donors (Lipinski definition) is 2. The van der Waals surface area contributed by atoms with Crippen molar-refractivity contribution in [2.24, 2.45) is 0 Å². The largest absolute Gasteiger partial charge is 0.462 e. The van der Waals surface area contributed by atoms with Gasteiger partial charge in [-0.1, -0.05) is 30.3 Å². The van der Waals surface area contributed by atoms with E-state index in [1.807, 2.05) is 47.5 Å². The Labute approximate surface area is 330 Å². The van der Waals surface area contributed by atoms with Crippen molar-refractivity contribution in [2.45, 2.75) is 88.3 Å². The smallest absolute Gasteiger partial charge is 0.326 e. The summed E-state index contributed by atoms with van der Waals surface area (Å²) in [6.07, 6.45) is 6.58. The van der Waals surface area contributed by atoms with Gasteiger partial charge < -0.3 is 29.1 Å². The zero-order chi connectivity index (χ0) is 39.4. The molecular weight excluding hydrogens is 754 g/mol. The van der Waals surface area contributed by atoms with Gasteiger partial charge in [0.25, 0.3) is 5.91 Å². The van der Waals surface area contributed by atoms with Gasteiger partial charge >= 0.3 is 13.5 Å². The Hall–Kier alpha value is -4.62. The lowest BCUT2D eigenvalue weighted by Gasteiger charge is -2.42. The SMILES string of the molecule is COC[C@H](NP(=O)(Cc1ccc2sc(C(=O)N[C@H]3CCC[C@H]4CC[C@@H](C(=O)N5CC(c6cccnc6)C5)N4C3=O)cc2c1)Oc1ccccc1)C(=O)OC(C)C. The first-order valence-electron chi connectivity index (χ1n) is 19.2. The molecule has 4 aromatic rings. The summed E-state index contributed by atoms with van der Waals surface area (Å²) in [5.41, 5.74) is 1.77. The predicted molar refractivity (Wildman–Crippen MR) is 213 cm³/mol. The number of hydrogen-bond acceptors (Lipinski definition) is 10. The molecule has 13 nitrogen and oxygen atoms in total. The van der Waals surface area contributed by atoms with E-state index in [1.165, 1.54) is 18.4 Å². The number of ether oxygens (including phenoxy) is 2. The summed E-state index contributed by atoms with van der Waals surface area (Å²) in [7, 11) is -2.35. The molecule has 5 heterocycles. The second kappa shape index (κ2) is 17.3. The van der Waals surface area contributed by atoms with Crippen molar-refractivity contribution in [1.82, 2.24) is 25.2 Å². The van der Waals surface area contributed by atoms with Crippen molar-refractivity contribution >= 4 is 52.6 Å². The maximum Gasteiger partial charge on any atom is 0.326 e. The van der Waals surface area contributed by atoms with Crippen LogP contribution in [0.2, 0.25) is 0 Å². The van der Waals surface area contributed by atoms with E-state index >= 15 is 0 Å². The van der Waals surface area contributed by atoms with Gasteiger partial charge in [-0.15, -0.1) is 11.3 Å². The predicted octanol–water partition coefficient (Wildman–Crippen LogP) is 5.89. The summed E-state index contributed by atoms with van der Waals surface area (Å²) in [6.45, 7) is 4.60. The molecule has 0 spiro atoms. The number of likely N-dealkylation sites (tertiary alicyclic amines) is 1. The Bertz CT molecular complexity index is 2090. The zero-order valence-corrected chi connectivity index (χ0v) is 33.5. The highest BCUT2D eigenvalue weighted by Gasteiger charge is 2.47. The first kappa shape index (κ1) is 39.6. The van der Waals surface area contributed by atoms with Crippen LogP contribution < -0.4 is 14.9 Å². The molecule has 3 aliphatic heterocycles. The van der Waals surface area contributed by atoms with Gasteiger partial charge in [-0.3, -0.25) is 28.7 Å². The molecule has 3 aliphatic rings. The highest BCUT2D eigenvalue weighted by atomic mass is 32.1. The molecule has 2 aromatic heterocycles. The third kappa shape index (κ3) is 8.99. The highest BCUT2D eigenvalue weighted by molar-refractivity contribution is 7.56. The van der Waals surface area contributed by atoms with Gasteiger partial charge in [0.1, 0.15) is 23.9 Å². The fourth-order valence-corrected chi connectivity index (χ4v) is 10.8. The topological polar surface area (TPSA) is 156 Å². The van der Waals surface area contributed by atoms with Crippen LogP contribution in [0, 0.1) is 0 Å². The number of para-hydroxylation sites is 1. The molecule has 7 rings (SSSR count). The Morgan fingerprint density at radius 1 is 1.00 bits per heavy atom. The molecule has 0 radical (unpaired) electrons. The van der Waals surface area contributed by atoms with Gasteiger partial charge in [-0.2, -0.15) is 0 Å². The number of nitrogens with one attached hydrogen (secondary N) is 2. The van der Waals surface area contributed by atoms with Crippen LogP contribution in [0.1, 0.15) is 72.7 Å². The van der Waals surface area contributed by atoms with Crippen LogP contribution in [0.15, 0.2) is 79.1 Å². The minimum atomic E-state index is -3.79. The number of carbonyl (C=O) groups is 4. The van der Waals surface area contributed by atoms with Crippen LogP contribution in [0.3, 0.4) is 0 Å². The Balaban J connectivity index is 1.03. The minimum Gasteiger partial charge on any atom is -0.462 e. The molecule has 296 valence electrons. The Morgan fingerprint density at radius 2 is 1.80 bits per heavy atom. The number of amides is 3. The van der Waals surface area contributed by atoms with Crippen molar-refractivity contribution in [3.63, 3.8) is 0 Å². The third-order valence-corrected chi connectivity index (χ3v) is 13.6. The van der Waals surface area contributed by atoms with Gasteiger partial charge in [0, 0.05) is 49.3 Å². The summed E-state index contributed by atoms with van der Waals surface area (Å²) in [4.78, 5) is 62.7. The van der Waals surface area contributed by atoms with E-state index in [9.17, 15) is 23.7 Å². The van der Waals surface area contributed by atoms with E-state index in [-0.39, 0.29) is 48.6 Å². The average molecular weight is 802 g/mol. The molecule has 15 heteroatoms. The molecule has 56 heavy (non-hydrogen) atoms. The van der Waals surface area contributed by atoms with E-state index in [1.54, 1.807) is 55.3 Å². The van der Waals surface area contributed by atoms with Crippen LogP contribution >= 0.6 is 18.9 Å². The molecule has 1 unspecified atom stereocenters. The number of carbonyl (C=O) groups excluding carboxylic acids is 4. The fraction of sp³-hybridized carbons (Fsp3) is 0.439. The molecule has 3 saturated heterocycles. The molecule has 0 saturated carbocycles. The maximum atomic E-state index is 14.5. The van der Waals surface area contributed by atoms with Crippen molar-refractivity contribution in [1.29, 1.82) is 0 Å². The van der Waals surface area contributed by atoms with Crippen molar-refractivity contribution in [3.05, 3.63) is 95.1 Å². The van der Waals surface area contributed by atoms with Crippen LogP contribution in [-0.2, 0) is 34.6 Å². The number of fused-ring (bicyclic) bond motifs is 2. The number of thiophene rings is 1. The van der Waals surface area contributed by atoms with Gasteiger partial charge in [0.05, 0.1) is 23.7 Å². The second-order valence-electron chi connectivity index (χ2n) is 15.0. The number of nitrogens with zero attached hydrogens (tertiary/aromatic N) is 3. The van der Waals surface area contributed by atoms with E-state index < -0.39 is 31.6 Å². The molecule has 0 bridgehead atoms. The summed E-state index contributed by atoms with van der Waals surface area (Å²) < 4.78 is 32.0. The maximum absolute atomic E-state index is 14.5. The fourth-order valence-electron chi connectivity index (χ4n) is 7.84. The van der Waals surface area contributed by atoms with Crippen molar-refractivity contribution < 1.29 is 37.7 Å². The summed E-state index contributed by atoms with van der Waals surface area (Å²) in [5.74, 6) is -0.581. The first-order valence-corrected chi connectivity index (χ1v) is 21.8. The van der Waals surface area contributed by atoms with Gasteiger partial charge in [0.15, 0.2) is 0 Å². The Kier molecular flexibility index (Phi) is 12.2. The number of esters is 1. The van der Waals surface area contributed by atoms with E-state index in [0.717, 1.165) is 34.9 Å². The van der Waals surface area contributed by atoms with Crippen LogP contribution in [0.4, 0.5) is 0 Å². The van der Waals surface area contributed by atoms with Gasteiger partial charge in [-0.25, -0.2) is 5.09 Å². The second-order valence-corrected chi connectivity index (χ2v) is 18.2. The van der Waals surface area contributed by atoms with Crippen molar-refractivity contribution in [3.8, 4) is 5.75 Å². The summed E-state index contributed by atoms with van der Waals surface area (Å²) >= 11 is 1.30. The molecule has 2 aromatic carbocycles. The monoisotopic (exact) mass is 801 g/mol. The zero-order valence-electron chi connectivity index (χ0n) is 31.8. The van der Waals surface area contributed by atoms with Gasteiger partial charge in [-0.05, 0) is 98.9 Å². The van der Waals surface area contributed by atoms with E-state index in [0.29, 0.717) is 42.1 Å². The minimum absolute atomic E-state index is 0.0153. The third-order valence-electron chi connectivity index (χ3n) is 10.5. The van der Waals surface area contributed by atoms with Crippen LogP contribution in [-0.4, -0.2) is 95.6 Å². The lowest BCUT2D eigenvalue weighted by Crippen LogP contribution is -2.58. The quantitative estimate of drug-likeness (QED) is 0.116. The van der Waals surface area contributed by atoms with E-state index in [4.69, 9.17) is 14.0 Å². The lowest BCUT2D eigenvalue weighted by atomic mass is 9.92. The number of benzene rings is 2. The van der Waals surface area contributed by atoms with Crippen LogP contribution in [0.5, 0.6) is 5.75 Å². The van der Waals surface area contributed by atoms with Gasteiger partial charge in [0.2, 0.25) is 11.8 Å². The summed E-state index contributed by atoms with van der Waals surface area (Å²) in [6, 6.07) is 17.6. The normalized spacial score (nSPS) is 21.5. The number of methoxy groups -OCH3 is 1. The Morgan fingerprint density at radius 3 is 2.54 bits per heavy atom. The number of aromatic nitrogens is 1. The lowest BCUT2D eigenvalue weighted by molar-refractivity contribution is -0.150. The highest BCUT2D eigenvalue weighted by Crippen LogP contribution is 2.48. The molecule has 2 N–H and O–H groups in total. The van der Waals surface area contributed by atoms with Crippen LogP contribution in [0.25, 0.3) is 10.1 Å². The molecule has 5 atom stereocenters. The molecule has 3 amide bonds. The summed E-state index contributed by atoms with van der Waals surface area (Å²) in [5, 5.41) is 6.67. The molecule has 0 aliphatic carbocycles. The standard InChI is InChI=1S/C41H48N5O8PS/c1-26(2)53-41(50)34(24-52-3)44-55(51,54-32-11-5-4-6-12-32)25-27-14-17-36-29(19-27)20-37(56-36)38(47)43-33-13-7-10-31-15-16-35(46(31)39(33)48)40(49)45-22-30(23-45)28-9-8-18-42-21-28/h4-6,8-9,11-12,14,17-21,26,30-31,33-35H,7,10,13,15-16,22-25H2,1-3H3,(H,43,47)(H,44,51)/t31-,33-,34-,35-,55?/m0/s1. The number of pyridine rings is 1. The molecular formula is C41H48N5O8PS. The van der Waals surface area contributed by atoms with E-state index in [2.05, 4.69) is 15.4 Å². The first-order chi connectivity index (χ1) is 27.0. The molecule has 3 fully saturated rings.